The molecular weight excluding hydrogens is 280 g/mol. The molecule has 0 aliphatic carbocycles. The van der Waals surface area contributed by atoms with Crippen molar-refractivity contribution >= 4 is 27.6 Å². The number of aliphatic carboxylic acids is 1. The van der Waals surface area contributed by atoms with Gasteiger partial charge in [0.1, 0.15) is 4.75 Å². The maximum Gasteiger partial charge on any atom is 0.313 e. The van der Waals surface area contributed by atoms with Crippen molar-refractivity contribution in [2.24, 2.45) is 0 Å². The minimum absolute atomic E-state index is 0.0675. The molecule has 3 N–H and O–H groups in total. The number of hydrogen-bond donors (Lipinski definition) is 2. The topological polar surface area (TPSA) is 128 Å². The van der Waals surface area contributed by atoms with Gasteiger partial charge in [-0.2, -0.15) is 0 Å². The van der Waals surface area contributed by atoms with Crippen LogP contribution >= 0.6 is 11.8 Å². The zero-order valence-electron chi connectivity index (χ0n) is 10.1. The van der Waals surface area contributed by atoms with Crippen molar-refractivity contribution in [1.82, 2.24) is 14.9 Å². The van der Waals surface area contributed by atoms with Gasteiger partial charge in [0.15, 0.2) is 15.7 Å². The third-order valence-corrected chi connectivity index (χ3v) is 5.42. The molecule has 0 saturated heterocycles. The van der Waals surface area contributed by atoms with Crippen molar-refractivity contribution in [2.75, 3.05) is 17.9 Å². The standard InChI is InChI=1S/C8H14N4O4S2/c1-8(2,18(3,15)16)6-10-11-7(12(6)9)17-4-5(13)14/h4,9H2,1-3H3,(H,13,14). The maximum atomic E-state index is 11.6. The van der Waals surface area contributed by atoms with Crippen molar-refractivity contribution in [3.8, 4) is 0 Å². The molecule has 0 bridgehead atoms. The molecule has 1 heterocycles. The van der Waals surface area contributed by atoms with Gasteiger partial charge in [0.05, 0.1) is 5.75 Å². The number of nitrogens with two attached hydrogens (primary N) is 1. The molecule has 0 aliphatic rings. The minimum atomic E-state index is -3.42. The molecular formula is C8H14N4O4S2. The second kappa shape index (κ2) is 4.76. The van der Waals surface area contributed by atoms with Crippen LogP contribution in [-0.4, -0.2) is 46.4 Å². The molecule has 0 radical (unpaired) electrons. The third kappa shape index (κ3) is 2.75. The largest absolute Gasteiger partial charge is 0.481 e. The third-order valence-electron chi connectivity index (χ3n) is 2.45. The van der Waals surface area contributed by atoms with Gasteiger partial charge in [-0.3, -0.25) is 4.79 Å². The first kappa shape index (κ1) is 14.8. The molecule has 0 aliphatic heterocycles. The lowest BCUT2D eigenvalue weighted by atomic mass is 10.2. The van der Waals surface area contributed by atoms with Crippen molar-refractivity contribution in [3.63, 3.8) is 0 Å². The predicted molar refractivity (Wildman–Crippen MR) is 66.4 cm³/mol. The van der Waals surface area contributed by atoms with Crippen LogP contribution in [0.2, 0.25) is 0 Å². The Morgan fingerprint density at radius 2 is 2.06 bits per heavy atom. The number of carbonyl (C=O) groups is 1. The van der Waals surface area contributed by atoms with E-state index in [-0.39, 0.29) is 16.7 Å². The van der Waals surface area contributed by atoms with Gasteiger partial charge >= 0.3 is 5.97 Å². The van der Waals surface area contributed by atoms with E-state index >= 15 is 0 Å². The normalized spacial score (nSPS) is 12.6. The van der Waals surface area contributed by atoms with Crippen molar-refractivity contribution in [3.05, 3.63) is 5.82 Å². The highest BCUT2D eigenvalue weighted by atomic mass is 32.2. The highest BCUT2D eigenvalue weighted by Gasteiger charge is 2.38. The van der Waals surface area contributed by atoms with E-state index in [0.29, 0.717) is 0 Å². The highest BCUT2D eigenvalue weighted by Crippen LogP contribution is 2.28. The Hall–Kier alpha value is -1.29. The SMILES string of the molecule is CC(C)(c1nnc(SCC(=O)O)n1N)S(C)(=O)=O. The van der Waals surface area contributed by atoms with E-state index < -0.39 is 20.6 Å². The molecule has 1 aromatic rings. The van der Waals surface area contributed by atoms with E-state index in [1.807, 2.05) is 0 Å². The van der Waals surface area contributed by atoms with Gasteiger partial charge in [0.2, 0.25) is 5.16 Å². The van der Waals surface area contributed by atoms with Gasteiger partial charge in [0.25, 0.3) is 0 Å². The van der Waals surface area contributed by atoms with E-state index in [1.165, 1.54) is 13.8 Å². The fraction of sp³-hybridized carbons (Fsp3) is 0.625. The molecule has 1 rings (SSSR count). The van der Waals surface area contributed by atoms with E-state index in [1.54, 1.807) is 0 Å². The lowest BCUT2D eigenvalue weighted by Gasteiger charge is -2.20. The number of nitrogens with zero attached hydrogens (tertiary/aromatic N) is 3. The number of aromatic nitrogens is 3. The monoisotopic (exact) mass is 294 g/mol. The number of sulfone groups is 1. The number of rotatable bonds is 5. The van der Waals surface area contributed by atoms with E-state index in [9.17, 15) is 13.2 Å². The lowest BCUT2D eigenvalue weighted by Crippen LogP contribution is -2.34. The van der Waals surface area contributed by atoms with Crippen LogP contribution in [0.5, 0.6) is 0 Å². The molecule has 102 valence electrons. The molecule has 0 saturated carbocycles. The summed E-state index contributed by atoms with van der Waals surface area (Å²) >= 11 is 0.873. The molecule has 1 aromatic heterocycles. The fourth-order valence-corrected chi connectivity index (χ4v) is 2.13. The first-order chi connectivity index (χ1) is 8.07. The summed E-state index contributed by atoms with van der Waals surface area (Å²) in [5.74, 6) is 4.50. The second-order valence-electron chi connectivity index (χ2n) is 4.14. The molecule has 0 aromatic carbocycles. The first-order valence-corrected chi connectivity index (χ1v) is 7.70. The summed E-state index contributed by atoms with van der Waals surface area (Å²) in [5.41, 5.74) is 0. The van der Waals surface area contributed by atoms with Crippen LogP contribution in [-0.2, 0) is 19.4 Å². The molecule has 0 fully saturated rings. The van der Waals surface area contributed by atoms with E-state index in [4.69, 9.17) is 10.9 Å². The van der Waals surface area contributed by atoms with E-state index in [0.717, 1.165) is 22.7 Å². The molecule has 0 spiro atoms. The Bertz CT molecular complexity index is 564. The quantitative estimate of drug-likeness (QED) is 0.546. The number of hydrogen-bond acceptors (Lipinski definition) is 7. The van der Waals surface area contributed by atoms with Crippen LogP contribution in [0.15, 0.2) is 5.16 Å². The summed E-state index contributed by atoms with van der Waals surface area (Å²) in [6, 6.07) is 0. The molecule has 0 unspecified atom stereocenters. The molecule has 0 atom stereocenters. The maximum absolute atomic E-state index is 11.6. The van der Waals surface area contributed by atoms with Crippen LogP contribution < -0.4 is 5.84 Å². The van der Waals surface area contributed by atoms with Crippen molar-refractivity contribution in [2.45, 2.75) is 23.8 Å². The summed E-state index contributed by atoms with van der Waals surface area (Å²) in [6.45, 7) is 2.92. The average Bonchev–Trinajstić information content (AvgIpc) is 2.55. The zero-order valence-corrected chi connectivity index (χ0v) is 11.7. The van der Waals surface area contributed by atoms with Gasteiger partial charge < -0.3 is 10.9 Å². The lowest BCUT2D eigenvalue weighted by molar-refractivity contribution is -0.133. The minimum Gasteiger partial charge on any atom is -0.481 e. The zero-order chi connectivity index (χ0) is 14.1. The predicted octanol–water partition coefficient (Wildman–Crippen LogP) is -0.552. The number of nitrogen functional groups attached to an aromatic ring is 1. The van der Waals surface area contributed by atoms with E-state index in [2.05, 4.69) is 10.2 Å². The molecule has 0 amide bonds. The summed E-state index contributed by atoms with van der Waals surface area (Å²) in [5, 5.41) is 16.1. The van der Waals surface area contributed by atoms with Gasteiger partial charge in [-0.05, 0) is 13.8 Å². The van der Waals surface area contributed by atoms with Gasteiger partial charge in [-0.1, -0.05) is 11.8 Å². The van der Waals surface area contributed by atoms with Crippen LogP contribution in [0, 0.1) is 0 Å². The second-order valence-corrected chi connectivity index (χ2v) is 7.65. The Morgan fingerprint density at radius 3 is 2.50 bits per heavy atom. The van der Waals surface area contributed by atoms with Crippen LogP contribution in [0.25, 0.3) is 0 Å². The number of thioether (sulfide) groups is 1. The number of carboxylic acids is 1. The van der Waals surface area contributed by atoms with Crippen molar-refractivity contribution < 1.29 is 18.3 Å². The van der Waals surface area contributed by atoms with Crippen LogP contribution in [0.1, 0.15) is 19.7 Å². The Labute approximate surface area is 108 Å². The summed E-state index contributed by atoms with van der Waals surface area (Å²) < 4.78 is 23.0. The van der Waals surface area contributed by atoms with Gasteiger partial charge in [0, 0.05) is 6.26 Å². The Kier molecular flexibility index (Phi) is 3.91. The molecule has 8 nitrogen and oxygen atoms in total. The molecule has 18 heavy (non-hydrogen) atoms. The summed E-state index contributed by atoms with van der Waals surface area (Å²) in [6.07, 6.45) is 1.08. The Balaban J connectivity index is 3.11. The first-order valence-electron chi connectivity index (χ1n) is 4.82. The highest BCUT2D eigenvalue weighted by molar-refractivity contribution is 7.99. The van der Waals surface area contributed by atoms with Crippen LogP contribution in [0.4, 0.5) is 0 Å². The molecule has 10 heteroatoms. The average molecular weight is 294 g/mol. The summed E-state index contributed by atoms with van der Waals surface area (Å²) in [4.78, 5) is 10.4. The summed E-state index contributed by atoms with van der Waals surface area (Å²) in [7, 11) is -3.42. The van der Waals surface area contributed by atoms with Gasteiger partial charge in [-0.15, -0.1) is 10.2 Å². The number of carboxylic acid groups (broad SMARTS) is 1. The van der Waals surface area contributed by atoms with Crippen molar-refractivity contribution in [1.29, 1.82) is 0 Å². The van der Waals surface area contributed by atoms with Crippen LogP contribution in [0.3, 0.4) is 0 Å². The fourth-order valence-electron chi connectivity index (χ4n) is 1.08. The Morgan fingerprint density at radius 1 is 1.50 bits per heavy atom. The van der Waals surface area contributed by atoms with Gasteiger partial charge in [-0.25, -0.2) is 13.1 Å². The smallest absolute Gasteiger partial charge is 0.313 e.